The van der Waals surface area contributed by atoms with E-state index >= 15 is 0 Å². The van der Waals surface area contributed by atoms with Gasteiger partial charge < -0.3 is 5.32 Å². The van der Waals surface area contributed by atoms with Crippen LogP contribution in [0.3, 0.4) is 0 Å². The van der Waals surface area contributed by atoms with Crippen molar-refractivity contribution in [3.63, 3.8) is 0 Å². The molecule has 0 spiro atoms. The fourth-order valence-electron chi connectivity index (χ4n) is 3.38. The first kappa shape index (κ1) is 22.6. The molecular formula is C22H21ClN4O3S2. The van der Waals surface area contributed by atoms with Gasteiger partial charge in [0.25, 0.3) is 10.0 Å². The topological polar surface area (TPSA) is 92.3 Å². The number of fused-ring (bicyclic) bond motifs is 3. The Hall–Kier alpha value is -2.62. The standard InChI is InChI=1S/C22H21ClN4O3S2/c1-14(2)25-20(28)13-31-22-24-11-19-21(26-22)17-10-16(23)8-9-18(17)27(32(19,29)30)12-15-6-4-3-5-7-15/h3-11,14H,12-13H2,1-2H3,(H,25,28). The molecule has 0 fully saturated rings. The molecule has 0 radical (unpaired) electrons. The minimum atomic E-state index is -3.89. The number of hydrogen-bond donors (Lipinski definition) is 1. The lowest BCUT2D eigenvalue weighted by Gasteiger charge is -2.31. The van der Waals surface area contributed by atoms with Crippen LogP contribution in [0.2, 0.25) is 5.02 Å². The van der Waals surface area contributed by atoms with Crippen LogP contribution in [0.4, 0.5) is 5.69 Å². The molecule has 0 saturated heterocycles. The van der Waals surface area contributed by atoms with E-state index in [0.29, 0.717) is 21.4 Å². The Labute approximate surface area is 196 Å². The highest BCUT2D eigenvalue weighted by molar-refractivity contribution is 7.99. The molecule has 3 aromatic rings. The molecule has 1 aromatic heterocycles. The zero-order chi connectivity index (χ0) is 22.9. The lowest BCUT2D eigenvalue weighted by Crippen LogP contribution is -2.34. The summed E-state index contributed by atoms with van der Waals surface area (Å²) in [4.78, 5) is 20.7. The van der Waals surface area contributed by atoms with Crippen molar-refractivity contribution in [2.75, 3.05) is 10.1 Å². The summed E-state index contributed by atoms with van der Waals surface area (Å²) in [6.07, 6.45) is 1.31. The summed E-state index contributed by atoms with van der Waals surface area (Å²) < 4.78 is 28.3. The number of hydrogen-bond acceptors (Lipinski definition) is 6. The molecule has 0 saturated carbocycles. The third-order valence-corrected chi connectivity index (χ3v) is 7.59. The van der Waals surface area contributed by atoms with Crippen LogP contribution in [-0.4, -0.2) is 36.1 Å². The van der Waals surface area contributed by atoms with Gasteiger partial charge in [-0.05, 0) is 37.6 Å². The van der Waals surface area contributed by atoms with Crippen molar-refractivity contribution in [2.24, 2.45) is 0 Å². The average Bonchev–Trinajstić information content (AvgIpc) is 2.75. The Morgan fingerprint density at radius 1 is 1.19 bits per heavy atom. The Balaban J connectivity index is 1.73. The van der Waals surface area contributed by atoms with Crippen molar-refractivity contribution in [1.82, 2.24) is 15.3 Å². The van der Waals surface area contributed by atoms with Crippen LogP contribution < -0.4 is 9.62 Å². The zero-order valence-corrected chi connectivity index (χ0v) is 19.8. The van der Waals surface area contributed by atoms with E-state index in [0.717, 1.165) is 17.3 Å². The van der Waals surface area contributed by atoms with Gasteiger partial charge in [0.05, 0.1) is 29.9 Å². The number of amides is 1. The first-order chi connectivity index (χ1) is 15.3. The molecule has 7 nitrogen and oxygen atoms in total. The van der Waals surface area contributed by atoms with E-state index in [1.54, 1.807) is 18.2 Å². The molecule has 2 heterocycles. The smallest absolute Gasteiger partial charge is 0.268 e. The highest BCUT2D eigenvalue weighted by atomic mass is 35.5. The van der Waals surface area contributed by atoms with E-state index in [1.807, 2.05) is 44.2 Å². The first-order valence-electron chi connectivity index (χ1n) is 9.91. The highest BCUT2D eigenvalue weighted by Crippen LogP contribution is 2.44. The summed E-state index contributed by atoms with van der Waals surface area (Å²) in [5.74, 6) is -0.0110. The van der Waals surface area contributed by atoms with Gasteiger partial charge in [-0.25, -0.2) is 18.4 Å². The fraction of sp³-hybridized carbons (Fsp3) is 0.227. The van der Waals surface area contributed by atoms with Crippen molar-refractivity contribution in [3.8, 4) is 11.3 Å². The Morgan fingerprint density at radius 3 is 2.66 bits per heavy atom. The number of rotatable bonds is 6. The maximum atomic E-state index is 13.5. The Bertz CT molecular complexity index is 1270. The molecule has 166 valence electrons. The number of nitrogens with zero attached hydrogens (tertiary/aromatic N) is 3. The second-order valence-electron chi connectivity index (χ2n) is 7.54. The summed E-state index contributed by atoms with van der Waals surface area (Å²) in [6, 6.07) is 14.4. The molecule has 0 bridgehead atoms. The SMILES string of the molecule is CC(C)NC(=O)CSc1ncc2c(n1)-c1cc(Cl)ccc1N(Cc1ccccc1)S2(=O)=O. The van der Waals surface area contributed by atoms with Crippen LogP contribution in [-0.2, 0) is 21.4 Å². The number of anilines is 1. The summed E-state index contributed by atoms with van der Waals surface area (Å²) in [7, 11) is -3.89. The maximum Gasteiger partial charge on any atom is 0.268 e. The number of halogens is 1. The molecule has 10 heteroatoms. The average molecular weight is 489 g/mol. The monoisotopic (exact) mass is 488 g/mol. The van der Waals surface area contributed by atoms with Gasteiger partial charge in [0.2, 0.25) is 5.91 Å². The minimum absolute atomic E-state index is 0.0131. The van der Waals surface area contributed by atoms with Crippen LogP contribution in [0.15, 0.2) is 64.8 Å². The fourth-order valence-corrected chi connectivity index (χ4v) is 5.74. The molecule has 1 N–H and O–H groups in total. The van der Waals surface area contributed by atoms with Crippen LogP contribution in [0.25, 0.3) is 11.3 Å². The van der Waals surface area contributed by atoms with E-state index in [-0.39, 0.29) is 34.8 Å². The molecule has 1 amide bonds. The minimum Gasteiger partial charge on any atom is -0.353 e. The molecule has 0 atom stereocenters. The van der Waals surface area contributed by atoms with Crippen LogP contribution >= 0.6 is 23.4 Å². The Morgan fingerprint density at radius 2 is 1.94 bits per heavy atom. The summed E-state index contributed by atoms with van der Waals surface area (Å²) in [6.45, 7) is 3.93. The number of nitrogens with one attached hydrogen (secondary N) is 1. The largest absolute Gasteiger partial charge is 0.353 e. The number of sulfonamides is 1. The predicted molar refractivity (Wildman–Crippen MR) is 126 cm³/mol. The van der Waals surface area contributed by atoms with Crippen molar-refractivity contribution in [3.05, 3.63) is 65.3 Å². The summed E-state index contributed by atoms with van der Waals surface area (Å²) in [5, 5.41) is 3.60. The number of carbonyl (C=O) groups excluding carboxylic acids is 1. The molecule has 0 unspecified atom stereocenters. The number of benzene rings is 2. The van der Waals surface area contributed by atoms with E-state index in [2.05, 4.69) is 15.3 Å². The third kappa shape index (κ3) is 4.60. The molecule has 32 heavy (non-hydrogen) atoms. The zero-order valence-electron chi connectivity index (χ0n) is 17.4. The van der Waals surface area contributed by atoms with Gasteiger partial charge in [-0.3, -0.25) is 9.10 Å². The van der Waals surface area contributed by atoms with Gasteiger partial charge in [0.15, 0.2) is 5.16 Å². The number of aromatic nitrogens is 2. The van der Waals surface area contributed by atoms with Crippen LogP contribution in [0.5, 0.6) is 0 Å². The van der Waals surface area contributed by atoms with Crippen molar-refractivity contribution in [2.45, 2.75) is 36.5 Å². The van der Waals surface area contributed by atoms with Crippen LogP contribution in [0.1, 0.15) is 19.4 Å². The second-order valence-corrected chi connectivity index (χ2v) is 10.7. The third-order valence-electron chi connectivity index (χ3n) is 4.73. The molecule has 2 aromatic carbocycles. The molecule has 1 aliphatic heterocycles. The van der Waals surface area contributed by atoms with E-state index in [4.69, 9.17) is 11.6 Å². The lowest BCUT2D eigenvalue weighted by molar-refractivity contribution is -0.119. The van der Waals surface area contributed by atoms with E-state index in [9.17, 15) is 13.2 Å². The summed E-state index contributed by atoms with van der Waals surface area (Å²) in [5.41, 5.74) is 2.24. The molecule has 4 rings (SSSR count). The molecule has 1 aliphatic rings. The van der Waals surface area contributed by atoms with Gasteiger partial charge in [0, 0.05) is 16.6 Å². The van der Waals surface area contributed by atoms with Gasteiger partial charge in [-0.1, -0.05) is 53.7 Å². The first-order valence-corrected chi connectivity index (χ1v) is 12.7. The van der Waals surface area contributed by atoms with Crippen molar-refractivity contribution in [1.29, 1.82) is 0 Å². The maximum absolute atomic E-state index is 13.5. The molecular weight excluding hydrogens is 468 g/mol. The van der Waals surface area contributed by atoms with E-state index in [1.165, 1.54) is 10.5 Å². The van der Waals surface area contributed by atoms with Gasteiger partial charge in [-0.2, -0.15) is 0 Å². The Kier molecular flexibility index (Phi) is 6.41. The van der Waals surface area contributed by atoms with Gasteiger partial charge in [0.1, 0.15) is 4.90 Å². The number of thioether (sulfide) groups is 1. The van der Waals surface area contributed by atoms with Crippen molar-refractivity contribution >= 4 is 45.0 Å². The second kappa shape index (κ2) is 9.09. The lowest BCUT2D eigenvalue weighted by atomic mass is 10.1. The number of carbonyl (C=O) groups is 1. The van der Waals surface area contributed by atoms with Gasteiger partial charge in [-0.15, -0.1) is 0 Å². The highest BCUT2D eigenvalue weighted by Gasteiger charge is 2.36. The summed E-state index contributed by atoms with van der Waals surface area (Å²) >= 11 is 7.39. The predicted octanol–water partition coefficient (Wildman–Crippen LogP) is 4.12. The normalized spacial score (nSPS) is 14.1. The quantitative estimate of drug-likeness (QED) is 0.414. The molecule has 0 aliphatic carbocycles. The van der Waals surface area contributed by atoms with Crippen molar-refractivity contribution < 1.29 is 13.2 Å². The van der Waals surface area contributed by atoms with Crippen LogP contribution in [0, 0.1) is 0 Å². The van der Waals surface area contributed by atoms with Gasteiger partial charge >= 0.3 is 0 Å². The van der Waals surface area contributed by atoms with E-state index < -0.39 is 10.0 Å².